The summed E-state index contributed by atoms with van der Waals surface area (Å²) in [7, 11) is 0. The van der Waals surface area contributed by atoms with E-state index in [4.69, 9.17) is 0 Å². The van der Waals surface area contributed by atoms with Crippen molar-refractivity contribution >= 4 is 17.3 Å². The number of nitrogens with one attached hydrogen (secondary N) is 2. The normalized spacial score (nSPS) is 22.3. The van der Waals surface area contributed by atoms with Gasteiger partial charge in [-0.05, 0) is 38.4 Å². The molecule has 20 heavy (non-hydrogen) atoms. The van der Waals surface area contributed by atoms with Crippen LogP contribution in [0.25, 0.3) is 0 Å². The van der Waals surface area contributed by atoms with Gasteiger partial charge in [0.05, 0.1) is 4.92 Å². The summed E-state index contributed by atoms with van der Waals surface area (Å²) >= 11 is 0. The number of piperidine rings is 1. The van der Waals surface area contributed by atoms with Crippen LogP contribution in [-0.2, 0) is 4.79 Å². The van der Waals surface area contributed by atoms with Crippen LogP contribution in [0.5, 0.6) is 0 Å². The Balaban J connectivity index is 2.07. The molecule has 1 fully saturated rings. The molecule has 1 aliphatic rings. The number of nitrogens with zero attached hydrogens (tertiary/aromatic N) is 1. The molecule has 0 aromatic heterocycles. The summed E-state index contributed by atoms with van der Waals surface area (Å²) in [6.07, 6.45) is 1.44. The maximum atomic E-state index is 13.2. The summed E-state index contributed by atoms with van der Waals surface area (Å²) in [5.74, 6) is -1.22. The lowest BCUT2D eigenvalue weighted by Crippen LogP contribution is -2.40. The van der Waals surface area contributed by atoms with E-state index in [9.17, 15) is 19.3 Å². The molecule has 0 saturated carbocycles. The van der Waals surface area contributed by atoms with E-state index < -0.39 is 16.4 Å². The Hall–Kier alpha value is -2.02. The number of carbonyl (C=O) groups excluding carboxylic acids is 1. The van der Waals surface area contributed by atoms with Gasteiger partial charge < -0.3 is 10.6 Å². The molecule has 1 aromatic rings. The SMILES string of the molecule is CC1CC(C(=O)Nc2ccc(F)c([N+](=O)[O-])c2)CCN1. The highest BCUT2D eigenvalue weighted by Crippen LogP contribution is 2.23. The van der Waals surface area contributed by atoms with Crippen molar-refractivity contribution in [3.8, 4) is 0 Å². The van der Waals surface area contributed by atoms with Crippen molar-refractivity contribution in [2.75, 3.05) is 11.9 Å². The lowest BCUT2D eigenvalue weighted by Gasteiger charge is -2.27. The number of rotatable bonds is 3. The van der Waals surface area contributed by atoms with Gasteiger partial charge >= 0.3 is 5.69 Å². The quantitative estimate of drug-likeness (QED) is 0.656. The number of benzene rings is 1. The van der Waals surface area contributed by atoms with Crippen molar-refractivity contribution in [2.45, 2.75) is 25.8 Å². The second-order valence-electron chi connectivity index (χ2n) is 4.99. The van der Waals surface area contributed by atoms with E-state index >= 15 is 0 Å². The Kier molecular flexibility index (Phi) is 4.29. The Morgan fingerprint density at radius 3 is 2.95 bits per heavy atom. The highest BCUT2D eigenvalue weighted by atomic mass is 19.1. The topological polar surface area (TPSA) is 84.3 Å². The van der Waals surface area contributed by atoms with Crippen LogP contribution >= 0.6 is 0 Å². The van der Waals surface area contributed by atoms with Crippen molar-refractivity contribution in [2.24, 2.45) is 5.92 Å². The summed E-state index contributed by atoms with van der Waals surface area (Å²) in [4.78, 5) is 21.9. The van der Waals surface area contributed by atoms with Gasteiger partial charge in [-0.25, -0.2) is 0 Å². The van der Waals surface area contributed by atoms with Crippen LogP contribution < -0.4 is 10.6 Å². The number of hydrogen-bond donors (Lipinski definition) is 2. The molecule has 2 N–H and O–H groups in total. The number of hydrogen-bond acceptors (Lipinski definition) is 4. The van der Waals surface area contributed by atoms with Gasteiger partial charge in [0.15, 0.2) is 0 Å². The molecule has 1 aliphatic heterocycles. The standard InChI is InChI=1S/C13H16FN3O3/c1-8-6-9(4-5-15-8)13(18)16-10-2-3-11(14)12(7-10)17(19)20/h2-3,7-9,15H,4-6H2,1H3,(H,16,18). The van der Waals surface area contributed by atoms with Crippen LogP contribution in [0.4, 0.5) is 15.8 Å². The molecule has 7 heteroatoms. The number of carbonyl (C=O) groups is 1. The van der Waals surface area contributed by atoms with Crippen LogP contribution in [0.1, 0.15) is 19.8 Å². The zero-order valence-electron chi connectivity index (χ0n) is 11.1. The molecule has 108 valence electrons. The number of amides is 1. The molecular weight excluding hydrogens is 265 g/mol. The third kappa shape index (κ3) is 3.30. The molecule has 1 heterocycles. The van der Waals surface area contributed by atoms with E-state index in [1.807, 2.05) is 6.92 Å². The Labute approximate surface area is 115 Å². The zero-order chi connectivity index (χ0) is 14.7. The Morgan fingerprint density at radius 2 is 2.30 bits per heavy atom. The summed E-state index contributed by atoms with van der Waals surface area (Å²) < 4.78 is 13.2. The molecule has 1 aromatic carbocycles. The molecule has 2 atom stereocenters. The molecule has 0 radical (unpaired) electrons. The van der Waals surface area contributed by atoms with Gasteiger partial charge in [0.1, 0.15) is 0 Å². The van der Waals surface area contributed by atoms with E-state index in [-0.39, 0.29) is 23.6 Å². The fourth-order valence-electron chi connectivity index (χ4n) is 2.34. The Morgan fingerprint density at radius 1 is 1.55 bits per heavy atom. The number of nitro groups is 1. The summed E-state index contributed by atoms with van der Waals surface area (Å²) in [6.45, 7) is 2.77. The number of anilines is 1. The van der Waals surface area contributed by atoms with E-state index in [0.29, 0.717) is 0 Å². The van der Waals surface area contributed by atoms with E-state index in [1.54, 1.807) is 0 Å². The van der Waals surface area contributed by atoms with Crippen LogP contribution in [0.15, 0.2) is 18.2 Å². The van der Waals surface area contributed by atoms with E-state index in [2.05, 4.69) is 10.6 Å². The molecule has 0 bridgehead atoms. The fraction of sp³-hybridized carbons (Fsp3) is 0.462. The minimum absolute atomic E-state index is 0.129. The number of nitro benzene ring substituents is 1. The first-order valence-electron chi connectivity index (χ1n) is 6.45. The van der Waals surface area contributed by atoms with Gasteiger partial charge in [0.25, 0.3) is 0 Å². The fourth-order valence-corrected chi connectivity index (χ4v) is 2.34. The first kappa shape index (κ1) is 14.4. The maximum absolute atomic E-state index is 13.2. The van der Waals surface area contributed by atoms with Crippen molar-refractivity contribution in [3.05, 3.63) is 34.1 Å². The van der Waals surface area contributed by atoms with Crippen LogP contribution in [0.2, 0.25) is 0 Å². The largest absolute Gasteiger partial charge is 0.326 e. The molecule has 6 nitrogen and oxygen atoms in total. The predicted octanol–water partition coefficient (Wildman–Crippen LogP) is 2.06. The number of halogens is 1. The van der Waals surface area contributed by atoms with Crippen molar-refractivity contribution < 1.29 is 14.1 Å². The molecule has 2 rings (SSSR count). The zero-order valence-corrected chi connectivity index (χ0v) is 11.1. The van der Waals surface area contributed by atoms with Crippen molar-refractivity contribution in [1.82, 2.24) is 5.32 Å². The molecule has 0 spiro atoms. The summed E-state index contributed by atoms with van der Waals surface area (Å²) in [5.41, 5.74) is -0.393. The third-order valence-corrected chi connectivity index (χ3v) is 3.40. The Bertz CT molecular complexity index is 536. The minimum Gasteiger partial charge on any atom is -0.326 e. The van der Waals surface area contributed by atoms with E-state index in [0.717, 1.165) is 31.5 Å². The summed E-state index contributed by atoms with van der Waals surface area (Å²) in [6, 6.07) is 3.61. The molecular formula is C13H16FN3O3. The average Bonchev–Trinajstić information content (AvgIpc) is 2.40. The highest BCUT2D eigenvalue weighted by molar-refractivity contribution is 5.92. The minimum atomic E-state index is -0.913. The van der Waals surface area contributed by atoms with Gasteiger partial charge in [-0.2, -0.15) is 4.39 Å². The highest BCUT2D eigenvalue weighted by Gasteiger charge is 2.25. The molecule has 0 aliphatic carbocycles. The average molecular weight is 281 g/mol. The first-order valence-corrected chi connectivity index (χ1v) is 6.45. The monoisotopic (exact) mass is 281 g/mol. The maximum Gasteiger partial charge on any atom is 0.306 e. The summed E-state index contributed by atoms with van der Waals surface area (Å²) in [5, 5.41) is 16.5. The first-order chi connectivity index (χ1) is 9.47. The molecule has 1 amide bonds. The molecule has 1 saturated heterocycles. The van der Waals surface area contributed by atoms with Crippen LogP contribution in [0, 0.1) is 21.8 Å². The third-order valence-electron chi connectivity index (χ3n) is 3.40. The van der Waals surface area contributed by atoms with Crippen LogP contribution in [-0.4, -0.2) is 23.4 Å². The predicted molar refractivity (Wildman–Crippen MR) is 71.9 cm³/mol. The van der Waals surface area contributed by atoms with Gasteiger partial charge in [0.2, 0.25) is 11.7 Å². The van der Waals surface area contributed by atoms with Gasteiger partial charge in [-0.15, -0.1) is 0 Å². The van der Waals surface area contributed by atoms with Gasteiger partial charge in [-0.3, -0.25) is 14.9 Å². The van der Waals surface area contributed by atoms with E-state index in [1.165, 1.54) is 6.07 Å². The van der Waals surface area contributed by atoms with Crippen molar-refractivity contribution in [3.63, 3.8) is 0 Å². The van der Waals surface area contributed by atoms with Gasteiger partial charge in [-0.1, -0.05) is 0 Å². The second-order valence-corrected chi connectivity index (χ2v) is 4.99. The smallest absolute Gasteiger partial charge is 0.306 e. The van der Waals surface area contributed by atoms with Crippen LogP contribution in [0.3, 0.4) is 0 Å². The van der Waals surface area contributed by atoms with Crippen molar-refractivity contribution in [1.29, 1.82) is 0 Å². The second kappa shape index (κ2) is 5.96. The molecule has 2 unspecified atom stereocenters. The lowest BCUT2D eigenvalue weighted by atomic mass is 9.92. The lowest BCUT2D eigenvalue weighted by molar-refractivity contribution is -0.387. The van der Waals surface area contributed by atoms with Gasteiger partial charge in [0, 0.05) is 23.7 Å².